The van der Waals surface area contributed by atoms with Gasteiger partial charge in [-0.2, -0.15) is 5.21 Å². The van der Waals surface area contributed by atoms with Crippen LogP contribution in [0, 0.1) is 5.82 Å². The Balaban J connectivity index is 1.75. The number of aromatic amines is 1. The molecule has 1 aromatic heterocycles. The van der Waals surface area contributed by atoms with E-state index in [1.54, 1.807) is 12.1 Å². The molecular weight excluding hydrogens is 261 g/mol. The van der Waals surface area contributed by atoms with Gasteiger partial charge in [0.15, 0.2) is 5.82 Å². The van der Waals surface area contributed by atoms with Gasteiger partial charge in [-0.1, -0.05) is 23.4 Å². The predicted molar refractivity (Wildman–Crippen MR) is 71.5 cm³/mol. The third-order valence-electron chi connectivity index (χ3n) is 3.05. The molecule has 0 radical (unpaired) electrons. The van der Waals surface area contributed by atoms with Gasteiger partial charge in [0, 0.05) is 19.5 Å². The van der Waals surface area contributed by atoms with Crippen LogP contribution in [0.5, 0.6) is 0 Å². The zero-order valence-corrected chi connectivity index (χ0v) is 11.3. The van der Waals surface area contributed by atoms with Gasteiger partial charge < -0.3 is 10.0 Å². The SMILES string of the molecule is CN(CCc1ccccc1F)C[C@H](O)Cc1nn[nH]n1. The normalized spacial score (nSPS) is 12.8. The molecule has 2 N–H and O–H groups in total. The maximum atomic E-state index is 13.5. The van der Waals surface area contributed by atoms with Gasteiger partial charge in [0.2, 0.25) is 0 Å². The van der Waals surface area contributed by atoms with E-state index in [9.17, 15) is 9.50 Å². The standard InChI is InChI=1S/C13H18FN5O/c1-19(7-6-10-4-2-3-5-12(10)14)9-11(20)8-13-15-17-18-16-13/h2-5,11,20H,6-9H2,1H3,(H,15,16,17,18)/t11-/m1/s1. The fourth-order valence-corrected chi connectivity index (χ4v) is 2.01. The van der Waals surface area contributed by atoms with Crippen molar-refractivity contribution in [2.75, 3.05) is 20.1 Å². The second-order valence-electron chi connectivity index (χ2n) is 4.79. The Kier molecular flexibility index (Phi) is 5.14. The molecule has 20 heavy (non-hydrogen) atoms. The molecule has 2 rings (SSSR count). The summed E-state index contributed by atoms with van der Waals surface area (Å²) >= 11 is 0. The average Bonchev–Trinajstić information content (AvgIpc) is 2.90. The maximum absolute atomic E-state index is 13.5. The van der Waals surface area contributed by atoms with Crippen molar-refractivity contribution >= 4 is 0 Å². The molecular formula is C13H18FN5O. The molecule has 0 aliphatic heterocycles. The van der Waals surface area contributed by atoms with Crippen molar-refractivity contribution in [3.63, 3.8) is 0 Å². The van der Waals surface area contributed by atoms with Crippen molar-refractivity contribution in [2.45, 2.75) is 18.9 Å². The van der Waals surface area contributed by atoms with Gasteiger partial charge in [0.1, 0.15) is 5.82 Å². The summed E-state index contributed by atoms with van der Waals surface area (Å²) in [6.07, 6.45) is 0.386. The summed E-state index contributed by atoms with van der Waals surface area (Å²) in [6, 6.07) is 6.74. The Morgan fingerprint density at radius 3 is 2.90 bits per heavy atom. The van der Waals surface area contributed by atoms with Crippen LogP contribution in [-0.4, -0.2) is 56.9 Å². The lowest BCUT2D eigenvalue weighted by Gasteiger charge is -2.19. The minimum absolute atomic E-state index is 0.187. The number of rotatable bonds is 7. The monoisotopic (exact) mass is 279 g/mol. The molecule has 1 atom stereocenters. The van der Waals surface area contributed by atoms with Crippen molar-refractivity contribution in [1.29, 1.82) is 0 Å². The summed E-state index contributed by atoms with van der Waals surface area (Å²) < 4.78 is 13.5. The van der Waals surface area contributed by atoms with E-state index in [1.165, 1.54) is 6.07 Å². The van der Waals surface area contributed by atoms with Crippen molar-refractivity contribution in [3.05, 3.63) is 41.5 Å². The highest BCUT2D eigenvalue weighted by atomic mass is 19.1. The average molecular weight is 279 g/mol. The smallest absolute Gasteiger partial charge is 0.177 e. The summed E-state index contributed by atoms with van der Waals surface area (Å²) in [7, 11) is 1.89. The van der Waals surface area contributed by atoms with Crippen molar-refractivity contribution in [3.8, 4) is 0 Å². The Labute approximate surface area is 116 Å². The second-order valence-corrected chi connectivity index (χ2v) is 4.79. The lowest BCUT2D eigenvalue weighted by molar-refractivity contribution is 0.124. The number of aliphatic hydroxyl groups is 1. The van der Waals surface area contributed by atoms with Gasteiger partial charge in [-0.15, -0.1) is 10.2 Å². The van der Waals surface area contributed by atoms with Crippen LogP contribution in [0.2, 0.25) is 0 Å². The first-order valence-electron chi connectivity index (χ1n) is 6.47. The van der Waals surface area contributed by atoms with E-state index in [-0.39, 0.29) is 5.82 Å². The molecule has 0 saturated heterocycles. The number of nitrogens with one attached hydrogen (secondary N) is 1. The fourth-order valence-electron chi connectivity index (χ4n) is 2.01. The summed E-state index contributed by atoms with van der Waals surface area (Å²) in [4.78, 5) is 1.96. The zero-order valence-electron chi connectivity index (χ0n) is 11.3. The Morgan fingerprint density at radius 1 is 1.40 bits per heavy atom. The molecule has 6 nitrogen and oxygen atoms in total. The number of aliphatic hydroxyl groups excluding tert-OH is 1. The van der Waals surface area contributed by atoms with Gasteiger partial charge in [-0.05, 0) is 25.1 Å². The van der Waals surface area contributed by atoms with Crippen molar-refractivity contribution in [1.82, 2.24) is 25.5 Å². The van der Waals surface area contributed by atoms with E-state index in [0.29, 0.717) is 37.3 Å². The minimum atomic E-state index is -0.571. The number of halogens is 1. The summed E-state index contributed by atoms with van der Waals surface area (Å²) in [6.45, 7) is 1.15. The Hall–Kier alpha value is -1.86. The van der Waals surface area contributed by atoms with Crippen LogP contribution in [0.15, 0.2) is 24.3 Å². The van der Waals surface area contributed by atoms with Crippen LogP contribution in [0.25, 0.3) is 0 Å². The van der Waals surface area contributed by atoms with Crippen LogP contribution in [-0.2, 0) is 12.8 Å². The number of benzene rings is 1. The topological polar surface area (TPSA) is 77.9 Å². The molecule has 108 valence electrons. The molecule has 0 aliphatic rings. The van der Waals surface area contributed by atoms with E-state index in [1.807, 2.05) is 18.0 Å². The molecule has 0 unspecified atom stereocenters. The Bertz CT molecular complexity index is 519. The van der Waals surface area contributed by atoms with E-state index < -0.39 is 6.10 Å². The molecule has 1 aromatic carbocycles. The fraction of sp³-hybridized carbons (Fsp3) is 0.462. The van der Waals surface area contributed by atoms with Crippen LogP contribution < -0.4 is 0 Å². The summed E-state index contributed by atoms with van der Waals surface area (Å²) in [5, 5.41) is 23.3. The quantitative estimate of drug-likeness (QED) is 0.768. The number of H-pyrrole nitrogens is 1. The first-order chi connectivity index (χ1) is 9.65. The minimum Gasteiger partial charge on any atom is -0.391 e. The molecule has 7 heteroatoms. The van der Waals surface area contributed by atoms with Gasteiger partial charge in [0.05, 0.1) is 6.10 Å². The van der Waals surface area contributed by atoms with E-state index in [4.69, 9.17) is 0 Å². The van der Waals surface area contributed by atoms with Crippen LogP contribution in [0.1, 0.15) is 11.4 Å². The highest BCUT2D eigenvalue weighted by Gasteiger charge is 2.12. The zero-order chi connectivity index (χ0) is 14.4. The van der Waals surface area contributed by atoms with Gasteiger partial charge in [-0.3, -0.25) is 0 Å². The highest BCUT2D eigenvalue weighted by molar-refractivity contribution is 5.17. The largest absolute Gasteiger partial charge is 0.391 e. The molecule has 0 spiro atoms. The third kappa shape index (κ3) is 4.36. The van der Waals surface area contributed by atoms with Crippen molar-refractivity contribution < 1.29 is 9.50 Å². The van der Waals surface area contributed by atoms with E-state index in [0.717, 1.165) is 0 Å². The number of likely N-dealkylation sites (N-methyl/N-ethyl adjacent to an activating group) is 1. The van der Waals surface area contributed by atoms with E-state index in [2.05, 4.69) is 20.6 Å². The highest BCUT2D eigenvalue weighted by Crippen LogP contribution is 2.07. The first kappa shape index (κ1) is 14.5. The summed E-state index contributed by atoms with van der Waals surface area (Å²) in [5.41, 5.74) is 0.687. The lowest BCUT2D eigenvalue weighted by atomic mass is 10.1. The van der Waals surface area contributed by atoms with Gasteiger partial charge in [-0.25, -0.2) is 4.39 Å². The van der Waals surface area contributed by atoms with Crippen LogP contribution >= 0.6 is 0 Å². The Morgan fingerprint density at radius 2 is 2.20 bits per heavy atom. The van der Waals surface area contributed by atoms with Crippen LogP contribution in [0.4, 0.5) is 4.39 Å². The van der Waals surface area contributed by atoms with Crippen molar-refractivity contribution in [2.24, 2.45) is 0 Å². The summed E-state index contributed by atoms with van der Waals surface area (Å²) in [5.74, 6) is 0.299. The number of tetrazole rings is 1. The van der Waals surface area contributed by atoms with Gasteiger partial charge in [0.25, 0.3) is 0 Å². The van der Waals surface area contributed by atoms with Gasteiger partial charge >= 0.3 is 0 Å². The molecule has 0 bridgehead atoms. The number of hydrogen-bond acceptors (Lipinski definition) is 5. The molecule has 1 heterocycles. The lowest BCUT2D eigenvalue weighted by Crippen LogP contribution is -2.32. The molecule has 0 amide bonds. The van der Waals surface area contributed by atoms with E-state index >= 15 is 0 Å². The molecule has 0 fully saturated rings. The third-order valence-corrected chi connectivity index (χ3v) is 3.05. The predicted octanol–water partition coefficient (Wildman–Crippen LogP) is 0.417. The molecule has 0 saturated carbocycles. The number of hydrogen-bond donors (Lipinski definition) is 2. The second kappa shape index (κ2) is 7.06. The molecule has 2 aromatic rings. The molecule has 0 aliphatic carbocycles. The maximum Gasteiger partial charge on any atom is 0.177 e. The van der Waals surface area contributed by atoms with Crippen LogP contribution in [0.3, 0.4) is 0 Å². The number of nitrogens with zero attached hydrogens (tertiary/aromatic N) is 4. The first-order valence-corrected chi connectivity index (χ1v) is 6.47. The number of aromatic nitrogens is 4.